The molecule has 2 fully saturated rings. The van der Waals surface area contributed by atoms with Crippen LogP contribution < -0.4 is 0 Å². The summed E-state index contributed by atoms with van der Waals surface area (Å²) in [5.41, 5.74) is 2.58. The van der Waals surface area contributed by atoms with Gasteiger partial charge in [-0.3, -0.25) is 4.79 Å². The molecule has 1 aromatic carbocycles. The maximum absolute atomic E-state index is 12.9. The molecule has 2 aromatic rings. The Hall–Kier alpha value is -2.23. The van der Waals surface area contributed by atoms with Crippen LogP contribution in [0.1, 0.15) is 29.6 Å². The zero-order chi connectivity index (χ0) is 14.2. The average Bonchev–Trinajstić information content (AvgIpc) is 3.18. The first-order valence-corrected chi connectivity index (χ1v) is 7.48. The Labute approximate surface area is 123 Å². The number of carbonyl (C=O) groups is 1. The number of carbonyl (C=O) groups excluding carboxylic acids is 1. The Balaban J connectivity index is 1.71. The van der Waals surface area contributed by atoms with Gasteiger partial charge in [-0.05, 0) is 36.8 Å². The first-order chi connectivity index (χ1) is 10.3. The molecule has 21 heavy (non-hydrogen) atoms. The Morgan fingerprint density at radius 2 is 1.95 bits per heavy atom. The molecular formula is C17H17N3O. The third kappa shape index (κ3) is 2.11. The lowest BCUT2D eigenvalue weighted by molar-refractivity contribution is 0.0704. The molecule has 4 rings (SSSR count). The predicted molar refractivity (Wildman–Crippen MR) is 79.6 cm³/mol. The summed E-state index contributed by atoms with van der Waals surface area (Å²) in [4.78, 5) is 23.1. The summed E-state index contributed by atoms with van der Waals surface area (Å²) < 4.78 is 0. The quantitative estimate of drug-likeness (QED) is 0.849. The molecule has 1 saturated carbocycles. The molecule has 0 spiro atoms. The minimum atomic E-state index is 0.154. The fraction of sp³-hybridized carbons (Fsp3) is 0.353. The Bertz CT molecular complexity index is 671. The van der Waals surface area contributed by atoms with Crippen LogP contribution in [0.3, 0.4) is 0 Å². The molecule has 4 nitrogen and oxygen atoms in total. The summed E-state index contributed by atoms with van der Waals surface area (Å²) in [6.45, 7) is 0.920. The lowest BCUT2D eigenvalue weighted by Crippen LogP contribution is -2.37. The monoisotopic (exact) mass is 279 g/mol. The van der Waals surface area contributed by atoms with Crippen molar-refractivity contribution in [3.8, 4) is 11.1 Å². The fourth-order valence-electron chi connectivity index (χ4n) is 3.69. The van der Waals surface area contributed by atoms with Crippen LogP contribution in [-0.4, -0.2) is 33.4 Å². The van der Waals surface area contributed by atoms with Gasteiger partial charge in [0, 0.05) is 36.1 Å². The SMILES string of the molecule is O=C(c1ccccc1-c1cncnc1)N1CC2CCC1C2. The Morgan fingerprint density at radius 3 is 2.67 bits per heavy atom. The second-order valence-corrected chi connectivity index (χ2v) is 5.96. The second-order valence-electron chi connectivity index (χ2n) is 5.96. The highest BCUT2D eigenvalue weighted by Gasteiger charge is 2.40. The number of hydrogen-bond acceptors (Lipinski definition) is 3. The van der Waals surface area contributed by atoms with E-state index in [0.29, 0.717) is 12.0 Å². The molecule has 2 atom stereocenters. The minimum absolute atomic E-state index is 0.154. The summed E-state index contributed by atoms with van der Waals surface area (Å²) in [6, 6.07) is 8.21. The molecule has 0 N–H and O–H groups in total. The van der Waals surface area contributed by atoms with E-state index in [4.69, 9.17) is 0 Å². The number of rotatable bonds is 2. The van der Waals surface area contributed by atoms with Crippen molar-refractivity contribution in [1.29, 1.82) is 0 Å². The maximum Gasteiger partial charge on any atom is 0.254 e. The lowest BCUT2D eigenvalue weighted by Gasteiger charge is -2.27. The molecule has 2 unspecified atom stereocenters. The number of aromatic nitrogens is 2. The number of hydrogen-bond donors (Lipinski definition) is 0. The highest BCUT2D eigenvalue weighted by Crippen LogP contribution is 2.38. The molecule has 2 bridgehead atoms. The predicted octanol–water partition coefficient (Wildman–Crippen LogP) is 2.77. The van der Waals surface area contributed by atoms with Crippen molar-refractivity contribution in [2.45, 2.75) is 25.3 Å². The van der Waals surface area contributed by atoms with E-state index in [2.05, 4.69) is 14.9 Å². The van der Waals surface area contributed by atoms with Crippen LogP contribution in [0.2, 0.25) is 0 Å². The van der Waals surface area contributed by atoms with E-state index >= 15 is 0 Å². The summed E-state index contributed by atoms with van der Waals surface area (Å²) in [5.74, 6) is 0.868. The van der Waals surface area contributed by atoms with Crippen LogP contribution in [0.5, 0.6) is 0 Å². The van der Waals surface area contributed by atoms with Gasteiger partial charge in [0.05, 0.1) is 0 Å². The van der Waals surface area contributed by atoms with E-state index in [-0.39, 0.29) is 5.91 Å². The van der Waals surface area contributed by atoms with Crippen molar-refractivity contribution in [2.75, 3.05) is 6.54 Å². The van der Waals surface area contributed by atoms with Gasteiger partial charge in [0.1, 0.15) is 6.33 Å². The maximum atomic E-state index is 12.9. The van der Waals surface area contributed by atoms with Crippen molar-refractivity contribution in [2.24, 2.45) is 5.92 Å². The van der Waals surface area contributed by atoms with Gasteiger partial charge in [-0.2, -0.15) is 0 Å². The normalized spacial score (nSPS) is 23.5. The molecular weight excluding hydrogens is 262 g/mol. The van der Waals surface area contributed by atoms with E-state index in [0.717, 1.165) is 29.7 Å². The van der Waals surface area contributed by atoms with Gasteiger partial charge in [0.2, 0.25) is 0 Å². The third-order valence-electron chi connectivity index (χ3n) is 4.70. The molecule has 2 aliphatic rings. The molecule has 1 aliphatic carbocycles. The third-order valence-corrected chi connectivity index (χ3v) is 4.70. The molecule has 1 aromatic heterocycles. The minimum Gasteiger partial charge on any atom is -0.335 e. The molecule has 106 valence electrons. The van der Waals surface area contributed by atoms with E-state index in [1.807, 2.05) is 24.3 Å². The topological polar surface area (TPSA) is 46.1 Å². The first kappa shape index (κ1) is 12.5. The standard InChI is InChI=1S/C17H17N3O/c21-17(20-10-12-5-6-14(20)7-12)16-4-2-1-3-15(16)13-8-18-11-19-9-13/h1-4,8-9,11-12,14H,5-7,10H2. The van der Waals surface area contributed by atoms with Gasteiger partial charge in [0.15, 0.2) is 0 Å². The molecule has 1 aliphatic heterocycles. The number of benzene rings is 1. The summed E-state index contributed by atoms with van der Waals surface area (Å²) >= 11 is 0. The lowest BCUT2D eigenvalue weighted by atomic mass is 10.00. The number of fused-ring (bicyclic) bond motifs is 2. The van der Waals surface area contributed by atoms with Crippen LogP contribution in [0, 0.1) is 5.92 Å². The number of amides is 1. The van der Waals surface area contributed by atoms with Crippen molar-refractivity contribution in [3.63, 3.8) is 0 Å². The van der Waals surface area contributed by atoms with Gasteiger partial charge >= 0.3 is 0 Å². The van der Waals surface area contributed by atoms with E-state index in [1.165, 1.54) is 19.2 Å². The van der Waals surface area contributed by atoms with Crippen LogP contribution in [0.4, 0.5) is 0 Å². The van der Waals surface area contributed by atoms with E-state index in [1.54, 1.807) is 12.4 Å². The van der Waals surface area contributed by atoms with Crippen molar-refractivity contribution < 1.29 is 4.79 Å². The van der Waals surface area contributed by atoms with Crippen molar-refractivity contribution >= 4 is 5.91 Å². The zero-order valence-corrected chi connectivity index (χ0v) is 11.8. The first-order valence-electron chi connectivity index (χ1n) is 7.48. The van der Waals surface area contributed by atoms with Gasteiger partial charge in [0.25, 0.3) is 5.91 Å². The number of nitrogens with zero attached hydrogens (tertiary/aromatic N) is 3. The Kier molecular flexibility index (Phi) is 2.95. The molecule has 4 heteroatoms. The van der Waals surface area contributed by atoms with Gasteiger partial charge < -0.3 is 4.90 Å². The van der Waals surface area contributed by atoms with Gasteiger partial charge in [-0.25, -0.2) is 9.97 Å². The largest absolute Gasteiger partial charge is 0.335 e. The zero-order valence-electron chi connectivity index (χ0n) is 11.8. The molecule has 1 saturated heterocycles. The second kappa shape index (κ2) is 4.95. The van der Waals surface area contributed by atoms with E-state index < -0.39 is 0 Å². The number of piperidine rings is 1. The van der Waals surface area contributed by atoms with Gasteiger partial charge in [-0.15, -0.1) is 0 Å². The van der Waals surface area contributed by atoms with E-state index in [9.17, 15) is 4.79 Å². The van der Waals surface area contributed by atoms with Crippen LogP contribution in [0.25, 0.3) is 11.1 Å². The highest BCUT2D eigenvalue weighted by atomic mass is 16.2. The summed E-state index contributed by atoms with van der Waals surface area (Å²) in [5, 5.41) is 0. The Morgan fingerprint density at radius 1 is 1.14 bits per heavy atom. The average molecular weight is 279 g/mol. The molecule has 0 radical (unpaired) electrons. The van der Waals surface area contributed by atoms with Crippen LogP contribution in [0.15, 0.2) is 43.0 Å². The van der Waals surface area contributed by atoms with Crippen molar-refractivity contribution in [3.05, 3.63) is 48.5 Å². The summed E-state index contributed by atoms with van der Waals surface area (Å²) in [7, 11) is 0. The summed E-state index contributed by atoms with van der Waals surface area (Å²) in [6.07, 6.45) is 8.65. The van der Waals surface area contributed by atoms with Crippen molar-refractivity contribution in [1.82, 2.24) is 14.9 Å². The fourth-order valence-corrected chi connectivity index (χ4v) is 3.69. The molecule has 1 amide bonds. The van der Waals surface area contributed by atoms with Crippen LogP contribution in [-0.2, 0) is 0 Å². The molecule has 2 heterocycles. The highest BCUT2D eigenvalue weighted by molar-refractivity contribution is 6.01. The number of likely N-dealkylation sites (tertiary alicyclic amines) is 1. The smallest absolute Gasteiger partial charge is 0.254 e. The van der Waals surface area contributed by atoms with Gasteiger partial charge in [-0.1, -0.05) is 18.2 Å². The van der Waals surface area contributed by atoms with Crippen LogP contribution >= 0.6 is 0 Å².